The molecule has 1 saturated heterocycles. The zero-order valence-electron chi connectivity index (χ0n) is 16.1. The van der Waals surface area contributed by atoms with E-state index in [0.29, 0.717) is 17.0 Å². The smallest absolute Gasteiger partial charge is 0.227 e. The van der Waals surface area contributed by atoms with Crippen LogP contribution < -0.4 is 0 Å². The quantitative estimate of drug-likeness (QED) is 0.511. The molecule has 1 aliphatic rings. The lowest BCUT2D eigenvalue weighted by Gasteiger charge is -2.14. The second-order valence-corrected chi connectivity index (χ2v) is 7.37. The predicted molar refractivity (Wildman–Crippen MR) is 112 cm³/mol. The standard InChI is InChI=1S/C20H18BrN3O.C2H6/c1-13-16(5-4-6-17(13)21)20-23-18-10-14(12-24-7-2-3-8-24)9-15(11-22)19(18)25-20;1-2/h4-6,9-10H,2-3,7-8,12H2,1H3;1-2H3. The number of likely N-dealkylation sites (tertiary alicyclic amines) is 1. The summed E-state index contributed by atoms with van der Waals surface area (Å²) in [6.07, 6.45) is 2.51. The van der Waals surface area contributed by atoms with E-state index in [1.54, 1.807) is 0 Å². The minimum absolute atomic E-state index is 0.554. The molecule has 0 spiro atoms. The monoisotopic (exact) mass is 425 g/mol. The van der Waals surface area contributed by atoms with Crippen molar-refractivity contribution in [3.8, 4) is 17.5 Å². The lowest BCUT2D eigenvalue weighted by atomic mass is 10.1. The van der Waals surface area contributed by atoms with E-state index in [1.165, 1.54) is 12.8 Å². The zero-order chi connectivity index (χ0) is 19.4. The minimum atomic E-state index is 0.554. The van der Waals surface area contributed by atoms with E-state index in [4.69, 9.17) is 4.42 Å². The third-order valence-electron chi connectivity index (χ3n) is 4.77. The number of fused-ring (bicyclic) bond motifs is 1. The summed E-state index contributed by atoms with van der Waals surface area (Å²) in [4.78, 5) is 7.09. The summed E-state index contributed by atoms with van der Waals surface area (Å²) in [6, 6.07) is 12.2. The third-order valence-corrected chi connectivity index (χ3v) is 5.63. The normalized spacial score (nSPS) is 14.0. The maximum absolute atomic E-state index is 9.54. The Labute approximate surface area is 168 Å². The molecular formula is C22H24BrN3O. The fraction of sp³-hybridized carbons (Fsp3) is 0.364. The second kappa shape index (κ2) is 8.69. The van der Waals surface area contributed by atoms with Gasteiger partial charge in [0.15, 0.2) is 5.58 Å². The SMILES string of the molecule is CC.Cc1c(Br)cccc1-c1nc2cc(CN3CCCC3)cc(C#N)c2o1. The van der Waals surface area contributed by atoms with Crippen LogP contribution in [-0.2, 0) is 6.54 Å². The van der Waals surface area contributed by atoms with Crippen molar-refractivity contribution in [2.24, 2.45) is 0 Å². The Morgan fingerprint density at radius 1 is 1.22 bits per heavy atom. The first-order valence-corrected chi connectivity index (χ1v) is 10.3. The Hall–Kier alpha value is -2.16. The van der Waals surface area contributed by atoms with Gasteiger partial charge in [-0.05, 0) is 68.2 Å². The van der Waals surface area contributed by atoms with Gasteiger partial charge in [0.2, 0.25) is 5.89 Å². The first-order valence-electron chi connectivity index (χ1n) is 9.47. The number of hydrogen-bond acceptors (Lipinski definition) is 4. The van der Waals surface area contributed by atoms with Gasteiger partial charge >= 0.3 is 0 Å². The maximum Gasteiger partial charge on any atom is 0.227 e. The van der Waals surface area contributed by atoms with Crippen molar-refractivity contribution in [2.45, 2.75) is 40.2 Å². The number of hydrogen-bond donors (Lipinski definition) is 0. The molecule has 4 nitrogen and oxygen atoms in total. The van der Waals surface area contributed by atoms with Gasteiger partial charge in [0.05, 0.1) is 5.56 Å². The highest BCUT2D eigenvalue weighted by molar-refractivity contribution is 9.10. The van der Waals surface area contributed by atoms with Crippen molar-refractivity contribution in [1.29, 1.82) is 5.26 Å². The summed E-state index contributed by atoms with van der Waals surface area (Å²) in [6.45, 7) is 9.14. The lowest BCUT2D eigenvalue weighted by molar-refractivity contribution is 0.331. The average molecular weight is 426 g/mol. The van der Waals surface area contributed by atoms with Gasteiger partial charge in [-0.1, -0.05) is 35.8 Å². The molecule has 2 aromatic carbocycles. The Morgan fingerprint density at radius 2 is 1.96 bits per heavy atom. The summed E-state index contributed by atoms with van der Waals surface area (Å²) in [5, 5.41) is 9.54. The molecular weight excluding hydrogens is 402 g/mol. The Morgan fingerprint density at radius 3 is 2.67 bits per heavy atom. The maximum atomic E-state index is 9.54. The van der Waals surface area contributed by atoms with Gasteiger partial charge in [0, 0.05) is 16.6 Å². The van der Waals surface area contributed by atoms with Crippen molar-refractivity contribution in [3.05, 3.63) is 51.5 Å². The number of rotatable bonds is 3. The van der Waals surface area contributed by atoms with E-state index < -0.39 is 0 Å². The van der Waals surface area contributed by atoms with Crippen LogP contribution in [0.2, 0.25) is 0 Å². The highest BCUT2D eigenvalue weighted by atomic mass is 79.9. The fourth-order valence-corrected chi connectivity index (χ4v) is 3.78. The fourth-order valence-electron chi connectivity index (χ4n) is 3.42. The van der Waals surface area contributed by atoms with Crippen molar-refractivity contribution in [1.82, 2.24) is 9.88 Å². The predicted octanol–water partition coefficient (Wildman–Crippen LogP) is 6.06. The largest absolute Gasteiger partial charge is 0.435 e. The number of oxazole rings is 1. The van der Waals surface area contributed by atoms with Crippen LogP contribution in [-0.4, -0.2) is 23.0 Å². The summed E-state index contributed by atoms with van der Waals surface area (Å²) in [7, 11) is 0. The number of benzene rings is 2. The Bertz CT molecular complexity index is 981. The molecule has 0 saturated carbocycles. The summed E-state index contributed by atoms with van der Waals surface area (Å²) in [5.74, 6) is 0.559. The molecule has 0 bridgehead atoms. The van der Waals surface area contributed by atoms with Crippen molar-refractivity contribution in [3.63, 3.8) is 0 Å². The van der Waals surface area contributed by atoms with E-state index in [-0.39, 0.29) is 0 Å². The molecule has 0 atom stereocenters. The van der Waals surface area contributed by atoms with Gasteiger partial charge in [-0.2, -0.15) is 5.26 Å². The molecule has 3 aromatic rings. The first-order chi connectivity index (χ1) is 13.2. The number of nitriles is 1. The summed E-state index contributed by atoms with van der Waals surface area (Å²) < 4.78 is 6.99. The Kier molecular flexibility index (Phi) is 6.30. The van der Waals surface area contributed by atoms with Crippen LogP contribution in [0.15, 0.2) is 39.2 Å². The molecule has 2 heterocycles. The van der Waals surface area contributed by atoms with Crippen LogP contribution in [0.1, 0.15) is 43.4 Å². The van der Waals surface area contributed by atoms with Crippen molar-refractivity contribution < 1.29 is 4.42 Å². The molecule has 140 valence electrons. The number of aromatic nitrogens is 1. The van der Waals surface area contributed by atoms with Gasteiger partial charge < -0.3 is 4.42 Å². The summed E-state index contributed by atoms with van der Waals surface area (Å²) >= 11 is 3.55. The van der Waals surface area contributed by atoms with Gasteiger partial charge in [-0.3, -0.25) is 4.90 Å². The molecule has 27 heavy (non-hydrogen) atoms. The van der Waals surface area contributed by atoms with Crippen LogP contribution in [0.5, 0.6) is 0 Å². The summed E-state index contributed by atoms with van der Waals surface area (Å²) in [5.41, 5.74) is 5.01. The molecule has 0 radical (unpaired) electrons. The zero-order valence-corrected chi connectivity index (χ0v) is 17.6. The van der Waals surface area contributed by atoms with Gasteiger partial charge in [-0.15, -0.1) is 0 Å². The number of halogens is 1. The van der Waals surface area contributed by atoms with E-state index in [2.05, 4.69) is 37.9 Å². The van der Waals surface area contributed by atoms with Crippen LogP contribution in [0.25, 0.3) is 22.6 Å². The average Bonchev–Trinajstić information content (AvgIpc) is 3.34. The highest BCUT2D eigenvalue weighted by Crippen LogP contribution is 2.32. The molecule has 4 rings (SSSR count). The molecule has 0 aliphatic carbocycles. The van der Waals surface area contributed by atoms with E-state index >= 15 is 0 Å². The van der Waals surface area contributed by atoms with Crippen LogP contribution in [0.4, 0.5) is 0 Å². The van der Waals surface area contributed by atoms with Gasteiger partial charge in [0.25, 0.3) is 0 Å². The van der Waals surface area contributed by atoms with Crippen LogP contribution >= 0.6 is 15.9 Å². The highest BCUT2D eigenvalue weighted by Gasteiger charge is 2.17. The molecule has 0 amide bonds. The third kappa shape index (κ3) is 4.07. The molecule has 0 N–H and O–H groups in total. The molecule has 5 heteroatoms. The topological polar surface area (TPSA) is 53.1 Å². The molecule has 0 unspecified atom stereocenters. The molecule has 1 aliphatic heterocycles. The van der Waals surface area contributed by atoms with E-state index in [1.807, 2.05) is 45.0 Å². The van der Waals surface area contributed by atoms with E-state index in [0.717, 1.165) is 46.3 Å². The number of nitrogens with zero attached hydrogens (tertiary/aromatic N) is 3. The van der Waals surface area contributed by atoms with Gasteiger partial charge in [0.1, 0.15) is 11.6 Å². The molecule has 1 fully saturated rings. The van der Waals surface area contributed by atoms with Crippen molar-refractivity contribution >= 4 is 27.0 Å². The first kappa shape index (κ1) is 19.6. The van der Waals surface area contributed by atoms with Crippen LogP contribution in [0.3, 0.4) is 0 Å². The second-order valence-electron chi connectivity index (χ2n) is 6.52. The lowest BCUT2D eigenvalue weighted by Crippen LogP contribution is -2.18. The minimum Gasteiger partial charge on any atom is -0.435 e. The van der Waals surface area contributed by atoms with Gasteiger partial charge in [-0.25, -0.2) is 4.98 Å². The van der Waals surface area contributed by atoms with E-state index in [9.17, 15) is 5.26 Å². The van der Waals surface area contributed by atoms with Crippen LogP contribution in [0, 0.1) is 18.3 Å². The molecule has 1 aromatic heterocycles. The van der Waals surface area contributed by atoms with Crippen molar-refractivity contribution in [2.75, 3.05) is 13.1 Å². The Balaban J connectivity index is 0.00000102.